The standard InChI is InChI=1S/C18H26FN3O3/c19-17-3-1-14(2-4-17)9-20-18(24)22-11-15(16(12-22)13-23)10-21-5-7-25-8-6-21/h1-4,15-16,23H,5-13H2,(H,20,24)/t15-,16-/m0/s1. The molecule has 0 aliphatic carbocycles. The summed E-state index contributed by atoms with van der Waals surface area (Å²) in [7, 11) is 0. The van der Waals surface area contributed by atoms with Crippen molar-refractivity contribution >= 4 is 6.03 Å². The molecule has 3 rings (SSSR count). The Labute approximate surface area is 147 Å². The molecule has 1 aromatic carbocycles. The monoisotopic (exact) mass is 351 g/mol. The first kappa shape index (κ1) is 18.1. The molecule has 0 aromatic heterocycles. The highest BCUT2D eigenvalue weighted by atomic mass is 19.1. The second kappa shape index (κ2) is 8.60. The second-order valence-corrected chi connectivity index (χ2v) is 6.81. The molecule has 0 radical (unpaired) electrons. The number of rotatable bonds is 5. The normalized spacial score (nSPS) is 24.5. The number of hydrogen-bond donors (Lipinski definition) is 2. The number of benzene rings is 1. The molecule has 0 saturated carbocycles. The molecule has 2 aliphatic heterocycles. The van der Waals surface area contributed by atoms with E-state index in [1.54, 1.807) is 17.0 Å². The Morgan fingerprint density at radius 3 is 2.56 bits per heavy atom. The van der Waals surface area contributed by atoms with E-state index in [0.717, 1.165) is 38.4 Å². The third kappa shape index (κ3) is 4.90. The molecule has 2 N–H and O–H groups in total. The maximum atomic E-state index is 12.9. The molecule has 0 bridgehead atoms. The molecule has 2 heterocycles. The number of aliphatic hydroxyl groups is 1. The number of nitrogens with zero attached hydrogens (tertiary/aromatic N) is 2. The van der Waals surface area contributed by atoms with Gasteiger partial charge in [-0.3, -0.25) is 4.90 Å². The van der Waals surface area contributed by atoms with E-state index in [-0.39, 0.29) is 30.3 Å². The lowest BCUT2D eigenvalue weighted by Gasteiger charge is -2.30. The van der Waals surface area contributed by atoms with Crippen LogP contribution in [-0.4, -0.2) is 73.5 Å². The average molecular weight is 351 g/mol. The Morgan fingerprint density at radius 2 is 1.88 bits per heavy atom. The van der Waals surface area contributed by atoms with Gasteiger partial charge in [0.2, 0.25) is 0 Å². The largest absolute Gasteiger partial charge is 0.396 e. The third-order valence-electron chi connectivity index (χ3n) is 5.05. The van der Waals surface area contributed by atoms with Crippen LogP contribution in [0.25, 0.3) is 0 Å². The molecule has 2 atom stereocenters. The molecule has 0 unspecified atom stereocenters. The predicted octanol–water partition coefficient (Wildman–Crippen LogP) is 0.908. The van der Waals surface area contributed by atoms with E-state index < -0.39 is 0 Å². The van der Waals surface area contributed by atoms with E-state index in [1.165, 1.54) is 12.1 Å². The lowest BCUT2D eigenvalue weighted by atomic mass is 9.96. The number of aliphatic hydroxyl groups excluding tert-OH is 1. The van der Waals surface area contributed by atoms with Gasteiger partial charge in [0.25, 0.3) is 0 Å². The number of carbonyl (C=O) groups excluding carboxylic acids is 1. The molecule has 25 heavy (non-hydrogen) atoms. The molecule has 1 aromatic rings. The van der Waals surface area contributed by atoms with Crippen molar-refractivity contribution < 1.29 is 19.0 Å². The minimum atomic E-state index is -0.286. The zero-order valence-electron chi connectivity index (χ0n) is 14.4. The van der Waals surface area contributed by atoms with Crippen molar-refractivity contribution in [3.8, 4) is 0 Å². The molecule has 2 amide bonds. The van der Waals surface area contributed by atoms with Crippen molar-refractivity contribution in [3.63, 3.8) is 0 Å². The molecule has 6 nitrogen and oxygen atoms in total. The van der Waals surface area contributed by atoms with Gasteiger partial charge < -0.3 is 20.1 Å². The number of amides is 2. The van der Waals surface area contributed by atoms with Gasteiger partial charge in [-0.15, -0.1) is 0 Å². The van der Waals surface area contributed by atoms with Crippen LogP contribution in [-0.2, 0) is 11.3 Å². The summed E-state index contributed by atoms with van der Waals surface area (Å²) in [6.07, 6.45) is 0. The van der Waals surface area contributed by atoms with Crippen molar-refractivity contribution in [3.05, 3.63) is 35.6 Å². The van der Waals surface area contributed by atoms with E-state index in [9.17, 15) is 14.3 Å². The number of likely N-dealkylation sites (tertiary alicyclic amines) is 1. The summed E-state index contributed by atoms with van der Waals surface area (Å²) in [5.74, 6) is 0.102. The van der Waals surface area contributed by atoms with Crippen molar-refractivity contribution in [2.45, 2.75) is 6.54 Å². The highest BCUT2D eigenvalue weighted by Crippen LogP contribution is 2.24. The van der Waals surface area contributed by atoms with Gasteiger partial charge in [-0.25, -0.2) is 9.18 Å². The number of carbonyl (C=O) groups is 1. The fraction of sp³-hybridized carbons (Fsp3) is 0.611. The fourth-order valence-electron chi connectivity index (χ4n) is 3.53. The molecular formula is C18H26FN3O3. The predicted molar refractivity (Wildman–Crippen MR) is 91.5 cm³/mol. The van der Waals surface area contributed by atoms with Gasteiger partial charge in [0.05, 0.1) is 13.2 Å². The molecule has 0 spiro atoms. The van der Waals surface area contributed by atoms with E-state index in [0.29, 0.717) is 19.6 Å². The van der Waals surface area contributed by atoms with E-state index in [4.69, 9.17) is 4.74 Å². The van der Waals surface area contributed by atoms with Crippen LogP contribution in [0.2, 0.25) is 0 Å². The summed E-state index contributed by atoms with van der Waals surface area (Å²) in [5, 5.41) is 12.5. The quantitative estimate of drug-likeness (QED) is 0.828. The highest BCUT2D eigenvalue weighted by molar-refractivity contribution is 5.74. The van der Waals surface area contributed by atoms with Gasteiger partial charge in [-0.05, 0) is 23.6 Å². The van der Waals surface area contributed by atoms with Crippen LogP contribution >= 0.6 is 0 Å². The third-order valence-corrected chi connectivity index (χ3v) is 5.05. The zero-order chi connectivity index (χ0) is 17.6. The summed E-state index contributed by atoms with van der Waals surface area (Å²) in [6.45, 7) is 5.88. The summed E-state index contributed by atoms with van der Waals surface area (Å²) < 4.78 is 18.3. The van der Waals surface area contributed by atoms with Crippen molar-refractivity contribution in [1.82, 2.24) is 15.1 Å². The molecular weight excluding hydrogens is 325 g/mol. The van der Waals surface area contributed by atoms with Crippen LogP contribution in [0.15, 0.2) is 24.3 Å². The first-order valence-corrected chi connectivity index (χ1v) is 8.84. The molecule has 138 valence electrons. The van der Waals surface area contributed by atoms with E-state index in [2.05, 4.69) is 10.2 Å². The van der Waals surface area contributed by atoms with Crippen LogP contribution < -0.4 is 5.32 Å². The Bertz CT molecular complexity index is 563. The summed E-state index contributed by atoms with van der Waals surface area (Å²) in [4.78, 5) is 16.5. The minimum Gasteiger partial charge on any atom is -0.396 e. The van der Waals surface area contributed by atoms with Crippen molar-refractivity contribution in [2.24, 2.45) is 11.8 Å². The fourth-order valence-corrected chi connectivity index (χ4v) is 3.53. The SMILES string of the molecule is O=C(NCc1ccc(F)cc1)N1C[C@@H](CO)[C@@H](CN2CCOCC2)C1. The van der Waals surface area contributed by atoms with Crippen LogP contribution in [0, 0.1) is 17.7 Å². The van der Waals surface area contributed by atoms with Crippen molar-refractivity contribution in [2.75, 3.05) is 52.5 Å². The number of morpholine rings is 1. The van der Waals surface area contributed by atoms with Crippen LogP contribution in [0.1, 0.15) is 5.56 Å². The van der Waals surface area contributed by atoms with Crippen LogP contribution in [0.3, 0.4) is 0 Å². The van der Waals surface area contributed by atoms with Gasteiger partial charge >= 0.3 is 6.03 Å². The topological polar surface area (TPSA) is 65.0 Å². The van der Waals surface area contributed by atoms with Gasteiger partial charge in [0.1, 0.15) is 5.82 Å². The van der Waals surface area contributed by atoms with Gasteiger partial charge in [-0.1, -0.05) is 12.1 Å². The van der Waals surface area contributed by atoms with Crippen LogP contribution in [0.4, 0.5) is 9.18 Å². The van der Waals surface area contributed by atoms with Gasteiger partial charge in [0, 0.05) is 51.8 Å². The lowest BCUT2D eigenvalue weighted by molar-refractivity contribution is 0.0265. The Morgan fingerprint density at radius 1 is 1.20 bits per heavy atom. The average Bonchev–Trinajstić information content (AvgIpc) is 3.05. The number of hydrogen-bond acceptors (Lipinski definition) is 4. The smallest absolute Gasteiger partial charge is 0.317 e. The minimum absolute atomic E-state index is 0.0940. The highest BCUT2D eigenvalue weighted by Gasteiger charge is 2.35. The Kier molecular flexibility index (Phi) is 6.23. The lowest BCUT2D eigenvalue weighted by Crippen LogP contribution is -2.42. The molecule has 2 fully saturated rings. The number of nitrogens with one attached hydrogen (secondary N) is 1. The summed E-state index contributed by atoms with van der Waals surface area (Å²) in [5.41, 5.74) is 0.859. The Balaban J connectivity index is 1.49. The summed E-state index contributed by atoms with van der Waals surface area (Å²) in [6, 6.07) is 5.97. The number of halogens is 1. The molecule has 7 heteroatoms. The number of urea groups is 1. The second-order valence-electron chi connectivity index (χ2n) is 6.81. The maximum absolute atomic E-state index is 12.9. The molecule has 2 saturated heterocycles. The maximum Gasteiger partial charge on any atom is 0.317 e. The number of ether oxygens (including phenoxy) is 1. The van der Waals surface area contributed by atoms with Crippen molar-refractivity contribution in [1.29, 1.82) is 0 Å². The van der Waals surface area contributed by atoms with E-state index >= 15 is 0 Å². The Hall–Kier alpha value is -1.70. The van der Waals surface area contributed by atoms with Gasteiger partial charge in [0.15, 0.2) is 0 Å². The van der Waals surface area contributed by atoms with E-state index in [1.807, 2.05) is 0 Å². The summed E-state index contributed by atoms with van der Waals surface area (Å²) >= 11 is 0. The zero-order valence-corrected chi connectivity index (χ0v) is 14.4. The van der Waals surface area contributed by atoms with Gasteiger partial charge in [-0.2, -0.15) is 0 Å². The first-order valence-electron chi connectivity index (χ1n) is 8.84. The first-order chi connectivity index (χ1) is 12.2. The molecule has 2 aliphatic rings. The van der Waals surface area contributed by atoms with Crippen LogP contribution in [0.5, 0.6) is 0 Å².